The molecule has 0 fully saturated rings. The Kier molecular flexibility index (Phi) is 2.90. The molecule has 0 aliphatic carbocycles. The standard InChI is InChI=1S/C14H13N5O/c1-8-6-9(2)12(16-7-8)13-18-14(20-19-13)10-4-3-5-11(15)17-10/h3-7H,1-2H3,(H2,15,17). The van der Waals surface area contributed by atoms with Crippen LogP contribution in [-0.4, -0.2) is 20.1 Å². The topological polar surface area (TPSA) is 90.7 Å². The molecule has 6 nitrogen and oxygen atoms in total. The van der Waals surface area contributed by atoms with Crippen LogP contribution >= 0.6 is 0 Å². The molecule has 0 aliphatic rings. The lowest BCUT2D eigenvalue weighted by molar-refractivity contribution is 0.431. The third-order valence-electron chi connectivity index (χ3n) is 2.84. The highest BCUT2D eigenvalue weighted by Gasteiger charge is 2.14. The van der Waals surface area contributed by atoms with E-state index < -0.39 is 0 Å². The summed E-state index contributed by atoms with van der Waals surface area (Å²) < 4.78 is 5.23. The van der Waals surface area contributed by atoms with E-state index in [1.54, 1.807) is 24.4 Å². The largest absolute Gasteiger partial charge is 0.384 e. The SMILES string of the molecule is Cc1cnc(-c2noc(-c3cccc(N)n3)n2)c(C)c1. The Balaban J connectivity index is 2.02. The Labute approximate surface area is 115 Å². The van der Waals surface area contributed by atoms with Crippen LogP contribution in [0.15, 0.2) is 35.0 Å². The molecule has 20 heavy (non-hydrogen) atoms. The first kappa shape index (κ1) is 12.3. The minimum absolute atomic E-state index is 0.328. The molecule has 6 heteroatoms. The molecule has 0 amide bonds. The second-order valence-electron chi connectivity index (χ2n) is 4.55. The van der Waals surface area contributed by atoms with E-state index in [4.69, 9.17) is 10.3 Å². The smallest absolute Gasteiger partial charge is 0.276 e. The number of hydrogen-bond donors (Lipinski definition) is 1. The lowest BCUT2D eigenvalue weighted by atomic mass is 10.1. The van der Waals surface area contributed by atoms with Gasteiger partial charge in [0.1, 0.15) is 17.2 Å². The van der Waals surface area contributed by atoms with Crippen molar-refractivity contribution in [3.8, 4) is 23.1 Å². The van der Waals surface area contributed by atoms with E-state index in [2.05, 4.69) is 20.1 Å². The summed E-state index contributed by atoms with van der Waals surface area (Å²) in [6.07, 6.45) is 1.77. The summed E-state index contributed by atoms with van der Waals surface area (Å²) in [5.74, 6) is 1.18. The van der Waals surface area contributed by atoms with Gasteiger partial charge in [0.2, 0.25) is 5.82 Å². The van der Waals surface area contributed by atoms with Crippen LogP contribution in [0.5, 0.6) is 0 Å². The highest BCUT2D eigenvalue weighted by Crippen LogP contribution is 2.22. The molecule has 2 N–H and O–H groups in total. The summed E-state index contributed by atoms with van der Waals surface area (Å²) in [6.45, 7) is 3.95. The van der Waals surface area contributed by atoms with Gasteiger partial charge < -0.3 is 10.3 Å². The molecule has 3 rings (SSSR count). The van der Waals surface area contributed by atoms with Crippen LogP contribution in [0.25, 0.3) is 23.1 Å². The molecule has 100 valence electrons. The fourth-order valence-electron chi connectivity index (χ4n) is 1.94. The highest BCUT2D eigenvalue weighted by molar-refractivity contribution is 5.58. The summed E-state index contributed by atoms with van der Waals surface area (Å²) in [4.78, 5) is 12.8. The maximum absolute atomic E-state index is 5.64. The van der Waals surface area contributed by atoms with Crippen molar-refractivity contribution >= 4 is 5.82 Å². The van der Waals surface area contributed by atoms with Gasteiger partial charge in [-0.05, 0) is 37.1 Å². The molecule has 0 unspecified atom stereocenters. The Bertz CT molecular complexity index is 766. The van der Waals surface area contributed by atoms with Crippen molar-refractivity contribution < 1.29 is 4.52 Å². The molecule has 3 aromatic rings. The number of rotatable bonds is 2. The van der Waals surface area contributed by atoms with Crippen molar-refractivity contribution in [1.82, 2.24) is 20.1 Å². The van der Waals surface area contributed by atoms with E-state index in [9.17, 15) is 0 Å². The predicted molar refractivity (Wildman–Crippen MR) is 74.6 cm³/mol. The third-order valence-corrected chi connectivity index (χ3v) is 2.84. The Morgan fingerprint density at radius 2 is 2.00 bits per heavy atom. The minimum atomic E-state index is 0.328. The maximum Gasteiger partial charge on any atom is 0.276 e. The van der Waals surface area contributed by atoms with Gasteiger partial charge in [-0.1, -0.05) is 17.3 Å². The highest BCUT2D eigenvalue weighted by atomic mass is 16.5. The lowest BCUT2D eigenvalue weighted by Crippen LogP contribution is -1.93. The van der Waals surface area contributed by atoms with Gasteiger partial charge in [-0.3, -0.25) is 4.98 Å². The minimum Gasteiger partial charge on any atom is -0.384 e. The van der Waals surface area contributed by atoms with E-state index in [1.807, 2.05) is 19.9 Å². The molecule has 0 aromatic carbocycles. The molecule has 0 saturated carbocycles. The Morgan fingerprint density at radius 3 is 2.75 bits per heavy atom. The molecule has 3 aromatic heterocycles. The first-order valence-electron chi connectivity index (χ1n) is 6.14. The van der Waals surface area contributed by atoms with Gasteiger partial charge in [0.15, 0.2) is 0 Å². The average Bonchev–Trinajstić information content (AvgIpc) is 2.88. The van der Waals surface area contributed by atoms with Crippen LogP contribution in [0.4, 0.5) is 5.82 Å². The molecule has 0 aliphatic heterocycles. The van der Waals surface area contributed by atoms with Gasteiger partial charge in [-0.25, -0.2) is 4.98 Å². The van der Waals surface area contributed by atoms with Gasteiger partial charge in [0.05, 0.1) is 0 Å². The molecule has 0 saturated heterocycles. The molecule has 0 bridgehead atoms. The summed E-state index contributed by atoms with van der Waals surface area (Å²) in [5, 5.41) is 3.95. The zero-order valence-electron chi connectivity index (χ0n) is 11.2. The quantitative estimate of drug-likeness (QED) is 0.766. The Morgan fingerprint density at radius 1 is 1.15 bits per heavy atom. The summed E-state index contributed by atoms with van der Waals surface area (Å²) in [7, 11) is 0. The van der Waals surface area contributed by atoms with Gasteiger partial charge in [0.25, 0.3) is 5.89 Å². The van der Waals surface area contributed by atoms with Crippen LogP contribution in [-0.2, 0) is 0 Å². The van der Waals surface area contributed by atoms with E-state index >= 15 is 0 Å². The number of aromatic nitrogens is 4. The summed E-state index contributed by atoms with van der Waals surface area (Å²) in [6, 6.07) is 7.28. The van der Waals surface area contributed by atoms with Gasteiger partial charge in [-0.2, -0.15) is 4.98 Å². The normalized spacial score (nSPS) is 10.7. The van der Waals surface area contributed by atoms with Crippen LogP contribution in [0.3, 0.4) is 0 Å². The van der Waals surface area contributed by atoms with Crippen LogP contribution in [0.1, 0.15) is 11.1 Å². The number of anilines is 1. The number of nitrogens with two attached hydrogens (primary N) is 1. The lowest BCUT2D eigenvalue weighted by Gasteiger charge is -2.00. The van der Waals surface area contributed by atoms with E-state index in [-0.39, 0.29) is 0 Å². The zero-order chi connectivity index (χ0) is 14.1. The van der Waals surface area contributed by atoms with E-state index in [0.29, 0.717) is 28.9 Å². The van der Waals surface area contributed by atoms with Gasteiger partial charge in [-0.15, -0.1) is 0 Å². The summed E-state index contributed by atoms with van der Waals surface area (Å²) >= 11 is 0. The molecular formula is C14H13N5O. The number of nitrogen functional groups attached to an aromatic ring is 1. The van der Waals surface area contributed by atoms with Crippen LogP contribution in [0.2, 0.25) is 0 Å². The first-order chi connectivity index (χ1) is 9.63. The second-order valence-corrected chi connectivity index (χ2v) is 4.55. The number of pyridine rings is 2. The van der Waals surface area contributed by atoms with E-state index in [0.717, 1.165) is 11.1 Å². The maximum atomic E-state index is 5.64. The van der Waals surface area contributed by atoms with Crippen LogP contribution in [0, 0.1) is 13.8 Å². The summed E-state index contributed by atoms with van der Waals surface area (Å²) in [5.41, 5.74) is 8.98. The third kappa shape index (κ3) is 2.23. The first-order valence-corrected chi connectivity index (χ1v) is 6.14. The number of aryl methyl sites for hydroxylation is 2. The fourth-order valence-corrected chi connectivity index (χ4v) is 1.94. The fraction of sp³-hybridized carbons (Fsp3) is 0.143. The second kappa shape index (κ2) is 4.73. The molecule has 3 heterocycles. The molecular weight excluding hydrogens is 254 g/mol. The monoisotopic (exact) mass is 267 g/mol. The van der Waals surface area contributed by atoms with Crippen LogP contribution < -0.4 is 5.73 Å². The van der Waals surface area contributed by atoms with Crippen molar-refractivity contribution in [1.29, 1.82) is 0 Å². The zero-order valence-corrected chi connectivity index (χ0v) is 11.2. The number of nitrogens with zero attached hydrogens (tertiary/aromatic N) is 4. The average molecular weight is 267 g/mol. The van der Waals surface area contributed by atoms with Crippen molar-refractivity contribution in [2.24, 2.45) is 0 Å². The van der Waals surface area contributed by atoms with Gasteiger partial charge in [0, 0.05) is 6.20 Å². The molecule has 0 spiro atoms. The molecule has 0 atom stereocenters. The van der Waals surface area contributed by atoms with Crippen molar-refractivity contribution in [3.63, 3.8) is 0 Å². The number of hydrogen-bond acceptors (Lipinski definition) is 6. The predicted octanol–water partition coefficient (Wildman–Crippen LogP) is 2.39. The van der Waals surface area contributed by atoms with Gasteiger partial charge >= 0.3 is 0 Å². The van der Waals surface area contributed by atoms with Crippen molar-refractivity contribution in [3.05, 3.63) is 41.6 Å². The van der Waals surface area contributed by atoms with Crippen molar-refractivity contribution in [2.45, 2.75) is 13.8 Å². The Hall–Kier alpha value is -2.76. The molecule has 0 radical (unpaired) electrons. The van der Waals surface area contributed by atoms with E-state index in [1.165, 1.54) is 0 Å². The van der Waals surface area contributed by atoms with Crippen molar-refractivity contribution in [2.75, 3.05) is 5.73 Å².